The number of halogens is 1. The zero-order valence-electron chi connectivity index (χ0n) is 11.5. The smallest absolute Gasteiger partial charge is 0.307 e. The summed E-state index contributed by atoms with van der Waals surface area (Å²) in [4.78, 5) is 23.1. The van der Waals surface area contributed by atoms with Crippen molar-refractivity contribution in [2.75, 3.05) is 0 Å². The van der Waals surface area contributed by atoms with Crippen LogP contribution < -0.4 is 5.73 Å². The van der Waals surface area contributed by atoms with Crippen molar-refractivity contribution in [2.24, 2.45) is 11.7 Å². The van der Waals surface area contributed by atoms with E-state index in [1.54, 1.807) is 6.07 Å². The van der Waals surface area contributed by atoms with Crippen LogP contribution in [0.4, 0.5) is 4.39 Å². The molecule has 5 heteroatoms. The molecule has 1 rings (SSSR count). The summed E-state index contributed by atoms with van der Waals surface area (Å²) in [5.41, 5.74) is 6.26. The Morgan fingerprint density at radius 2 is 2.10 bits per heavy atom. The van der Waals surface area contributed by atoms with Crippen molar-refractivity contribution in [1.82, 2.24) is 0 Å². The summed E-state index contributed by atoms with van der Waals surface area (Å²) in [6.07, 6.45) is 1.32. The van der Waals surface area contributed by atoms with E-state index < -0.39 is 23.7 Å². The number of rotatable bonds is 8. The van der Waals surface area contributed by atoms with Crippen LogP contribution in [0, 0.1) is 11.7 Å². The first-order valence-electron chi connectivity index (χ1n) is 6.69. The van der Waals surface area contributed by atoms with Crippen LogP contribution in [-0.4, -0.2) is 22.9 Å². The molecule has 1 aromatic carbocycles. The zero-order chi connectivity index (χ0) is 15.1. The first-order valence-corrected chi connectivity index (χ1v) is 6.69. The molecule has 0 aliphatic rings. The third-order valence-corrected chi connectivity index (χ3v) is 3.18. The highest BCUT2D eigenvalue weighted by Gasteiger charge is 2.24. The van der Waals surface area contributed by atoms with E-state index in [0.29, 0.717) is 12.0 Å². The Morgan fingerprint density at radius 3 is 2.65 bits per heavy atom. The summed E-state index contributed by atoms with van der Waals surface area (Å²) in [5.74, 6) is -2.60. The second-order valence-corrected chi connectivity index (χ2v) is 4.93. The molecule has 0 fully saturated rings. The van der Waals surface area contributed by atoms with E-state index in [9.17, 15) is 19.1 Å². The first-order chi connectivity index (χ1) is 9.43. The Labute approximate surface area is 117 Å². The van der Waals surface area contributed by atoms with Gasteiger partial charge in [-0.3, -0.25) is 9.59 Å². The van der Waals surface area contributed by atoms with E-state index in [1.807, 2.05) is 6.92 Å². The van der Waals surface area contributed by atoms with Crippen LogP contribution in [0.3, 0.4) is 0 Å². The van der Waals surface area contributed by atoms with Crippen LogP contribution in [-0.2, 0) is 16.0 Å². The monoisotopic (exact) mass is 281 g/mol. The largest absolute Gasteiger partial charge is 0.481 e. The van der Waals surface area contributed by atoms with E-state index >= 15 is 0 Å². The number of Topliss-reactive ketones (excluding diaryl/α,β-unsaturated/α-hetero) is 1. The third kappa shape index (κ3) is 5.09. The molecular formula is C15H20FNO3. The summed E-state index contributed by atoms with van der Waals surface area (Å²) < 4.78 is 13.1. The molecule has 1 unspecified atom stereocenters. The average Bonchev–Trinajstić information content (AvgIpc) is 2.38. The number of hydrogen-bond donors (Lipinski definition) is 2. The van der Waals surface area contributed by atoms with E-state index in [-0.39, 0.29) is 18.6 Å². The van der Waals surface area contributed by atoms with Crippen molar-refractivity contribution in [3.8, 4) is 0 Å². The lowest BCUT2D eigenvalue weighted by molar-refractivity contribution is -0.143. The molecule has 0 aliphatic carbocycles. The van der Waals surface area contributed by atoms with Gasteiger partial charge in [0.25, 0.3) is 0 Å². The predicted octanol–water partition coefficient (Wildman–Crippen LogP) is 2.16. The minimum Gasteiger partial charge on any atom is -0.481 e. The minimum absolute atomic E-state index is 0.118. The maximum atomic E-state index is 13.1. The van der Waals surface area contributed by atoms with Gasteiger partial charge in [0.05, 0.1) is 12.0 Å². The van der Waals surface area contributed by atoms with Gasteiger partial charge in [-0.05, 0) is 30.5 Å². The first kappa shape index (κ1) is 16.3. The molecule has 0 aliphatic heterocycles. The fraction of sp³-hybridized carbons (Fsp3) is 0.467. The second kappa shape index (κ2) is 7.75. The number of ketones is 1. The summed E-state index contributed by atoms with van der Waals surface area (Å²) in [6.45, 7) is 1.91. The van der Waals surface area contributed by atoms with E-state index in [0.717, 1.165) is 6.42 Å². The number of aliphatic carboxylic acids is 1. The zero-order valence-corrected chi connectivity index (χ0v) is 11.5. The lowest BCUT2D eigenvalue weighted by atomic mass is 9.91. The van der Waals surface area contributed by atoms with Gasteiger partial charge in [-0.15, -0.1) is 0 Å². The highest BCUT2D eigenvalue weighted by Crippen LogP contribution is 2.16. The molecule has 4 nitrogen and oxygen atoms in total. The van der Waals surface area contributed by atoms with Crippen LogP contribution in [0.5, 0.6) is 0 Å². The number of carboxylic acids is 1. The van der Waals surface area contributed by atoms with Gasteiger partial charge in [0.1, 0.15) is 11.6 Å². The Balaban J connectivity index is 2.70. The number of nitrogens with two attached hydrogens (primary N) is 1. The Hall–Kier alpha value is -1.75. The molecule has 0 amide bonds. The molecule has 0 spiro atoms. The van der Waals surface area contributed by atoms with Crippen molar-refractivity contribution >= 4 is 11.8 Å². The number of benzene rings is 1. The minimum atomic E-state index is -1.06. The van der Waals surface area contributed by atoms with Gasteiger partial charge in [-0.1, -0.05) is 25.5 Å². The number of carboxylic acid groups (broad SMARTS) is 1. The quantitative estimate of drug-likeness (QED) is 0.765. The van der Waals surface area contributed by atoms with Crippen molar-refractivity contribution in [3.63, 3.8) is 0 Å². The maximum absolute atomic E-state index is 13.1. The van der Waals surface area contributed by atoms with Crippen molar-refractivity contribution in [2.45, 2.75) is 38.6 Å². The second-order valence-electron chi connectivity index (χ2n) is 4.93. The molecule has 0 bridgehead atoms. The topological polar surface area (TPSA) is 80.4 Å². The third-order valence-electron chi connectivity index (χ3n) is 3.18. The summed E-state index contributed by atoms with van der Waals surface area (Å²) in [7, 11) is 0. The number of carbonyl (C=O) groups is 2. The molecule has 1 aromatic rings. The van der Waals surface area contributed by atoms with Gasteiger partial charge in [-0.2, -0.15) is 0 Å². The van der Waals surface area contributed by atoms with E-state index in [1.165, 1.54) is 18.2 Å². The molecular weight excluding hydrogens is 261 g/mol. The molecule has 3 N–H and O–H groups in total. The predicted molar refractivity (Wildman–Crippen MR) is 73.7 cm³/mol. The van der Waals surface area contributed by atoms with Crippen LogP contribution in [0.25, 0.3) is 0 Å². The highest BCUT2D eigenvalue weighted by molar-refractivity contribution is 5.87. The molecule has 110 valence electrons. The van der Waals surface area contributed by atoms with Crippen molar-refractivity contribution in [1.29, 1.82) is 0 Å². The van der Waals surface area contributed by atoms with Crippen LogP contribution >= 0.6 is 0 Å². The summed E-state index contributed by atoms with van der Waals surface area (Å²) in [6, 6.07) is 5.13. The highest BCUT2D eigenvalue weighted by atomic mass is 19.1. The van der Waals surface area contributed by atoms with Gasteiger partial charge in [-0.25, -0.2) is 4.39 Å². The normalized spacial score (nSPS) is 13.8. The van der Waals surface area contributed by atoms with E-state index in [2.05, 4.69) is 0 Å². The molecule has 0 aromatic heterocycles. The Bertz CT molecular complexity index is 476. The van der Waals surface area contributed by atoms with Crippen LogP contribution in [0.15, 0.2) is 24.3 Å². The molecule has 0 saturated heterocycles. The number of hydrogen-bond acceptors (Lipinski definition) is 3. The van der Waals surface area contributed by atoms with Crippen molar-refractivity contribution < 1.29 is 19.1 Å². The lowest BCUT2D eigenvalue weighted by Gasteiger charge is -2.15. The number of carbonyl (C=O) groups excluding carboxylic acids is 1. The average molecular weight is 281 g/mol. The molecule has 20 heavy (non-hydrogen) atoms. The fourth-order valence-corrected chi connectivity index (χ4v) is 2.06. The van der Waals surface area contributed by atoms with E-state index in [4.69, 9.17) is 5.73 Å². The maximum Gasteiger partial charge on any atom is 0.307 e. The van der Waals surface area contributed by atoms with Crippen LogP contribution in [0.2, 0.25) is 0 Å². The Morgan fingerprint density at radius 1 is 1.40 bits per heavy atom. The van der Waals surface area contributed by atoms with Gasteiger partial charge < -0.3 is 10.8 Å². The molecule has 0 heterocycles. The SMILES string of the molecule is CCC[C@H](N)C(=O)CC(Cc1cccc(F)c1)C(=O)O. The summed E-state index contributed by atoms with van der Waals surface area (Å²) in [5, 5.41) is 9.18. The van der Waals surface area contributed by atoms with Crippen molar-refractivity contribution in [3.05, 3.63) is 35.6 Å². The molecule has 2 atom stereocenters. The summed E-state index contributed by atoms with van der Waals surface area (Å²) >= 11 is 0. The molecule has 0 radical (unpaired) electrons. The lowest BCUT2D eigenvalue weighted by Crippen LogP contribution is -2.33. The Kier molecular flexibility index (Phi) is 6.31. The standard InChI is InChI=1S/C15H20FNO3/c1-2-4-13(17)14(18)9-11(15(19)20)7-10-5-3-6-12(16)8-10/h3,5-6,8,11,13H,2,4,7,9,17H2,1H3,(H,19,20)/t11?,13-/m0/s1. The molecule has 0 saturated carbocycles. The van der Waals surface area contributed by atoms with Gasteiger partial charge in [0.2, 0.25) is 0 Å². The fourth-order valence-electron chi connectivity index (χ4n) is 2.06. The van der Waals surface area contributed by atoms with Crippen LogP contribution in [0.1, 0.15) is 31.7 Å². The van der Waals surface area contributed by atoms with Gasteiger partial charge in [0, 0.05) is 6.42 Å². The van der Waals surface area contributed by atoms with Gasteiger partial charge >= 0.3 is 5.97 Å². The van der Waals surface area contributed by atoms with Gasteiger partial charge in [0.15, 0.2) is 0 Å².